The summed E-state index contributed by atoms with van der Waals surface area (Å²) in [4.78, 5) is 13.3. The van der Waals surface area contributed by atoms with Crippen molar-refractivity contribution < 1.29 is 22.1 Å². The number of benzene rings is 1. The van der Waals surface area contributed by atoms with Gasteiger partial charge in [-0.1, -0.05) is 31.5 Å². The van der Waals surface area contributed by atoms with Gasteiger partial charge < -0.3 is 9.64 Å². The molecule has 0 aromatic heterocycles. The zero-order valence-corrected chi connectivity index (χ0v) is 13.8. The number of nitrogens with zero attached hydrogens (tertiary/aromatic N) is 1. The fourth-order valence-electron chi connectivity index (χ4n) is 2.19. The van der Waals surface area contributed by atoms with Crippen molar-refractivity contribution in [3.05, 3.63) is 29.8 Å². The molecule has 7 heteroatoms. The molecule has 0 spiro atoms. The van der Waals surface area contributed by atoms with Crippen molar-refractivity contribution in [1.29, 1.82) is 0 Å². The van der Waals surface area contributed by atoms with Gasteiger partial charge in [0.25, 0.3) is 10.1 Å². The molecule has 1 atom stereocenters. The maximum Gasteiger partial charge on any atom is 0.410 e. The van der Waals surface area contributed by atoms with Crippen LogP contribution in [0, 0.1) is 12.8 Å². The summed E-state index contributed by atoms with van der Waals surface area (Å²) in [5, 5.41) is 0. The zero-order chi connectivity index (χ0) is 16.3. The number of hydrogen-bond donors (Lipinski definition) is 0. The fraction of sp³-hybridized carbons (Fsp3) is 0.533. The molecule has 0 saturated carbocycles. The lowest BCUT2D eigenvalue weighted by Gasteiger charge is -2.15. The van der Waals surface area contributed by atoms with Gasteiger partial charge in [0, 0.05) is 6.54 Å². The Bertz CT molecular complexity index is 624. The van der Waals surface area contributed by atoms with Crippen LogP contribution < -0.4 is 0 Å². The average molecular weight is 327 g/mol. The van der Waals surface area contributed by atoms with Gasteiger partial charge in [0.05, 0.1) is 11.4 Å². The Hall–Kier alpha value is -1.60. The molecule has 1 aliphatic heterocycles. The second-order valence-electron chi connectivity index (χ2n) is 5.86. The highest BCUT2D eigenvalue weighted by Crippen LogP contribution is 2.17. The molecule has 1 aromatic carbocycles. The van der Waals surface area contributed by atoms with E-state index >= 15 is 0 Å². The maximum absolute atomic E-state index is 12.1. The molecular weight excluding hydrogens is 306 g/mol. The predicted molar refractivity (Wildman–Crippen MR) is 81.0 cm³/mol. The maximum atomic E-state index is 12.1. The summed E-state index contributed by atoms with van der Waals surface area (Å²) in [6, 6.07) is 6.40. The standard InChI is InChI=1S/C15H21NO5S/c1-11(2)8-16-9-13(21-15(16)17)10-20-22(18,19)14-6-4-12(3)5-7-14/h4-7,11,13H,8-10H2,1-3H3/t13-/m1/s1. The summed E-state index contributed by atoms with van der Waals surface area (Å²) in [6.45, 7) is 6.63. The largest absolute Gasteiger partial charge is 0.442 e. The van der Waals surface area contributed by atoms with Crippen LogP contribution in [0.25, 0.3) is 0 Å². The van der Waals surface area contributed by atoms with E-state index in [1.165, 1.54) is 12.1 Å². The summed E-state index contributed by atoms with van der Waals surface area (Å²) >= 11 is 0. The molecule has 0 bridgehead atoms. The van der Waals surface area contributed by atoms with E-state index in [-0.39, 0.29) is 11.5 Å². The molecular formula is C15H21NO5S. The Labute approximate surface area is 131 Å². The monoisotopic (exact) mass is 327 g/mol. The second kappa shape index (κ2) is 6.66. The Morgan fingerprint density at radius 1 is 1.32 bits per heavy atom. The third-order valence-corrected chi connectivity index (χ3v) is 4.55. The van der Waals surface area contributed by atoms with Crippen LogP contribution in [-0.2, 0) is 19.0 Å². The van der Waals surface area contributed by atoms with E-state index in [2.05, 4.69) is 0 Å². The molecule has 0 aliphatic carbocycles. The van der Waals surface area contributed by atoms with Crippen LogP contribution in [0.3, 0.4) is 0 Å². The summed E-state index contributed by atoms with van der Waals surface area (Å²) in [5.74, 6) is 0.323. The number of carbonyl (C=O) groups excluding carboxylic acids is 1. The molecule has 1 heterocycles. The smallest absolute Gasteiger partial charge is 0.410 e. The van der Waals surface area contributed by atoms with Gasteiger partial charge in [0.1, 0.15) is 12.7 Å². The number of aryl methyl sites for hydroxylation is 1. The van der Waals surface area contributed by atoms with Gasteiger partial charge in [0.2, 0.25) is 0 Å². The van der Waals surface area contributed by atoms with Gasteiger partial charge in [-0.15, -0.1) is 0 Å². The number of rotatable bonds is 6. The van der Waals surface area contributed by atoms with Crippen molar-refractivity contribution in [2.45, 2.75) is 31.8 Å². The molecule has 22 heavy (non-hydrogen) atoms. The van der Waals surface area contributed by atoms with E-state index in [4.69, 9.17) is 8.92 Å². The normalized spacial score (nSPS) is 18.8. The second-order valence-corrected chi connectivity index (χ2v) is 7.47. The first-order valence-corrected chi connectivity index (χ1v) is 8.60. The summed E-state index contributed by atoms with van der Waals surface area (Å²) in [7, 11) is -3.83. The van der Waals surface area contributed by atoms with Crippen LogP contribution in [0.1, 0.15) is 19.4 Å². The van der Waals surface area contributed by atoms with E-state index in [0.717, 1.165) is 5.56 Å². The van der Waals surface area contributed by atoms with Gasteiger partial charge in [-0.3, -0.25) is 4.18 Å². The minimum absolute atomic E-state index is 0.0986. The molecule has 0 unspecified atom stereocenters. The lowest BCUT2D eigenvalue weighted by Crippen LogP contribution is -2.30. The predicted octanol–water partition coefficient (Wildman–Crippen LogP) is 2.18. The molecule has 0 N–H and O–H groups in total. The van der Waals surface area contributed by atoms with Gasteiger partial charge in [0.15, 0.2) is 0 Å². The Kier molecular flexibility index (Phi) is 5.08. The van der Waals surface area contributed by atoms with Crippen molar-refractivity contribution in [2.75, 3.05) is 19.7 Å². The fourth-order valence-corrected chi connectivity index (χ4v) is 3.13. The number of hydrogen-bond acceptors (Lipinski definition) is 5. The molecule has 1 fully saturated rings. The highest BCUT2D eigenvalue weighted by Gasteiger charge is 2.32. The number of cyclic esters (lactones) is 1. The van der Waals surface area contributed by atoms with Crippen LogP contribution in [-0.4, -0.2) is 45.2 Å². The average Bonchev–Trinajstić information content (AvgIpc) is 2.77. The van der Waals surface area contributed by atoms with Gasteiger partial charge >= 0.3 is 6.09 Å². The molecule has 1 aliphatic rings. The van der Waals surface area contributed by atoms with Crippen molar-refractivity contribution in [3.8, 4) is 0 Å². The first-order valence-electron chi connectivity index (χ1n) is 7.19. The Morgan fingerprint density at radius 3 is 2.55 bits per heavy atom. The lowest BCUT2D eigenvalue weighted by molar-refractivity contribution is 0.104. The van der Waals surface area contributed by atoms with Crippen LogP contribution in [0.5, 0.6) is 0 Å². The Balaban J connectivity index is 1.93. The highest BCUT2D eigenvalue weighted by atomic mass is 32.2. The molecule has 0 radical (unpaired) electrons. The molecule has 1 aromatic rings. The third kappa shape index (κ3) is 4.20. The van der Waals surface area contributed by atoms with Crippen LogP contribution in [0.15, 0.2) is 29.2 Å². The summed E-state index contributed by atoms with van der Waals surface area (Å²) in [6.07, 6.45) is -0.985. The Morgan fingerprint density at radius 2 is 1.95 bits per heavy atom. The number of ether oxygens (including phenoxy) is 1. The highest BCUT2D eigenvalue weighted by molar-refractivity contribution is 7.86. The van der Waals surface area contributed by atoms with E-state index in [0.29, 0.717) is 19.0 Å². The zero-order valence-electron chi connectivity index (χ0n) is 13.0. The van der Waals surface area contributed by atoms with Crippen LogP contribution in [0.4, 0.5) is 4.79 Å². The van der Waals surface area contributed by atoms with Crippen LogP contribution >= 0.6 is 0 Å². The molecule has 1 saturated heterocycles. The third-order valence-electron chi connectivity index (χ3n) is 3.25. The number of amides is 1. The number of carbonyl (C=O) groups is 1. The molecule has 6 nitrogen and oxygen atoms in total. The van der Waals surface area contributed by atoms with E-state index in [1.807, 2.05) is 20.8 Å². The first-order chi connectivity index (χ1) is 10.3. The van der Waals surface area contributed by atoms with Gasteiger partial charge in [-0.05, 0) is 25.0 Å². The topological polar surface area (TPSA) is 72.9 Å². The summed E-state index contributed by atoms with van der Waals surface area (Å²) in [5.41, 5.74) is 0.966. The molecule has 2 rings (SSSR count). The van der Waals surface area contributed by atoms with Crippen molar-refractivity contribution in [2.24, 2.45) is 5.92 Å². The van der Waals surface area contributed by atoms with Crippen molar-refractivity contribution in [3.63, 3.8) is 0 Å². The quantitative estimate of drug-likeness (QED) is 0.749. The van der Waals surface area contributed by atoms with Gasteiger partial charge in [-0.2, -0.15) is 8.42 Å². The SMILES string of the molecule is Cc1ccc(S(=O)(=O)OC[C@H]2CN(CC(C)C)C(=O)O2)cc1. The van der Waals surface area contributed by atoms with Crippen molar-refractivity contribution >= 4 is 16.2 Å². The minimum Gasteiger partial charge on any atom is -0.442 e. The van der Waals surface area contributed by atoms with E-state index in [9.17, 15) is 13.2 Å². The minimum atomic E-state index is -3.83. The lowest BCUT2D eigenvalue weighted by atomic mass is 10.2. The first kappa shape index (κ1) is 16.8. The summed E-state index contributed by atoms with van der Waals surface area (Å²) < 4.78 is 34.3. The van der Waals surface area contributed by atoms with E-state index < -0.39 is 22.3 Å². The van der Waals surface area contributed by atoms with Gasteiger partial charge in [-0.25, -0.2) is 4.79 Å². The molecule has 1 amide bonds. The van der Waals surface area contributed by atoms with Crippen LogP contribution in [0.2, 0.25) is 0 Å². The van der Waals surface area contributed by atoms with E-state index in [1.54, 1.807) is 17.0 Å². The molecule has 122 valence electrons. The van der Waals surface area contributed by atoms with Crippen molar-refractivity contribution in [1.82, 2.24) is 4.90 Å².